The van der Waals surface area contributed by atoms with E-state index in [0.29, 0.717) is 23.9 Å². The van der Waals surface area contributed by atoms with Crippen LogP contribution in [0.5, 0.6) is 0 Å². The number of furan rings is 1. The molecule has 1 aliphatic heterocycles. The summed E-state index contributed by atoms with van der Waals surface area (Å²) in [6.07, 6.45) is 2.76. The van der Waals surface area contributed by atoms with E-state index in [1.807, 2.05) is 35.4 Å². The summed E-state index contributed by atoms with van der Waals surface area (Å²) in [5.41, 5.74) is 2.25. The SMILES string of the molecule is Cc1cc(C(=O)OCC(=O)N2C[C@H](C)C[C@@H](C)C2)c(C)n1Cc1ccco1. The summed E-state index contributed by atoms with van der Waals surface area (Å²) >= 11 is 0. The number of ether oxygens (including phenoxy) is 1. The second kappa shape index (κ2) is 8.03. The number of likely N-dealkylation sites (tertiary alicyclic amines) is 1. The van der Waals surface area contributed by atoms with Crippen LogP contribution in [0.2, 0.25) is 0 Å². The molecule has 0 aliphatic carbocycles. The van der Waals surface area contributed by atoms with Crippen LogP contribution in [0, 0.1) is 25.7 Å². The van der Waals surface area contributed by atoms with E-state index in [-0.39, 0.29) is 12.5 Å². The second-order valence-corrected chi connectivity index (χ2v) is 7.77. The number of esters is 1. The topological polar surface area (TPSA) is 64.7 Å². The monoisotopic (exact) mass is 372 g/mol. The molecule has 1 amide bonds. The maximum absolute atomic E-state index is 12.5. The third-order valence-corrected chi connectivity index (χ3v) is 5.24. The van der Waals surface area contributed by atoms with Crippen LogP contribution < -0.4 is 0 Å². The van der Waals surface area contributed by atoms with Crippen molar-refractivity contribution in [3.8, 4) is 0 Å². The fourth-order valence-corrected chi connectivity index (χ4v) is 3.97. The van der Waals surface area contributed by atoms with Crippen molar-refractivity contribution in [3.63, 3.8) is 0 Å². The normalized spacial score (nSPS) is 19.9. The number of hydrogen-bond acceptors (Lipinski definition) is 4. The molecule has 27 heavy (non-hydrogen) atoms. The Kier molecular flexibility index (Phi) is 5.73. The highest BCUT2D eigenvalue weighted by Crippen LogP contribution is 2.21. The van der Waals surface area contributed by atoms with Crippen molar-refractivity contribution in [1.82, 2.24) is 9.47 Å². The number of piperidine rings is 1. The molecule has 0 aromatic carbocycles. The summed E-state index contributed by atoms with van der Waals surface area (Å²) < 4.78 is 12.7. The highest BCUT2D eigenvalue weighted by Gasteiger charge is 2.26. The Labute approximate surface area is 160 Å². The van der Waals surface area contributed by atoms with E-state index in [1.54, 1.807) is 12.3 Å². The van der Waals surface area contributed by atoms with Gasteiger partial charge >= 0.3 is 5.97 Å². The number of aromatic nitrogens is 1. The molecule has 0 radical (unpaired) electrons. The molecule has 1 fully saturated rings. The van der Waals surface area contributed by atoms with Crippen LogP contribution >= 0.6 is 0 Å². The summed E-state index contributed by atoms with van der Waals surface area (Å²) in [6, 6.07) is 5.54. The van der Waals surface area contributed by atoms with Gasteiger partial charge in [0.05, 0.1) is 18.4 Å². The van der Waals surface area contributed by atoms with Crippen molar-refractivity contribution in [1.29, 1.82) is 0 Å². The van der Waals surface area contributed by atoms with E-state index < -0.39 is 5.97 Å². The van der Waals surface area contributed by atoms with Crippen LogP contribution in [0.3, 0.4) is 0 Å². The fraction of sp³-hybridized carbons (Fsp3) is 0.524. The minimum Gasteiger partial charge on any atom is -0.467 e. The van der Waals surface area contributed by atoms with E-state index in [0.717, 1.165) is 36.7 Å². The van der Waals surface area contributed by atoms with E-state index in [9.17, 15) is 9.59 Å². The van der Waals surface area contributed by atoms with Gasteiger partial charge in [-0.05, 0) is 50.3 Å². The Morgan fingerprint density at radius 1 is 1.22 bits per heavy atom. The molecule has 0 N–H and O–H groups in total. The van der Waals surface area contributed by atoms with Gasteiger partial charge < -0.3 is 18.6 Å². The molecule has 2 aromatic heterocycles. The molecule has 3 rings (SSSR count). The fourth-order valence-electron chi connectivity index (χ4n) is 3.97. The number of amides is 1. The van der Waals surface area contributed by atoms with Crippen LogP contribution in [-0.2, 0) is 16.1 Å². The van der Waals surface area contributed by atoms with Crippen molar-refractivity contribution >= 4 is 11.9 Å². The van der Waals surface area contributed by atoms with Gasteiger partial charge in [0.1, 0.15) is 5.76 Å². The van der Waals surface area contributed by atoms with Crippen LogP contribution in [-0.4, -0.2) is 41.0 Å². The predicted octanol–water partition coefficient (Wildman–Crippen LogP) is 3.41. The largest absolute Gasteiger partial charge is 0.467 e. The van der Waals surface area contributed by atoms with Crippen LogP contribution in [0.1, 0.15) is 47.8 Å². The third-order valence-electron chi connectivity index (χ3n) is 5.24. The highest BCUT2D eigenvalue weighted by atomic mass is 16.5. The van der Waals surface area contributed by atoms with Gasteiger partial charge in [-0.2, -0.15) is 0 Å². The molecular weight excluding hydrogens is 344 g/mol. The average molecular weight is 372 g/mol. The molecule has 1 aliphatic rings. The molecule has 3 heterocycles. The Balaban J connectivity index is 1.62. The van der Waals surface area contributed by atoms with Gasteiger partial charge in [0, 0.05) is 24.5 Å². The molecular formula is C21H28N2O4. The summed E-state index contributed by atoms with van der Waals surface area (Å²) in [4.78, 5) is 26.8. The average Bonchev–Trinajstić information content (AvgIpc) is 3.22. The number of nitrogens with zero attached hydrogens (tertiary/aromatic N) is 2. The standard InChI is InChI=1S/C21H28N2O4/c1-14-8-15(2)11-22(10-14)20(24)13-27-21(25)19-9-16(3)23(17(19)4)12-18-6-5-7-26-18/h5-7,9,14-15H,8,10-13H2,1-4H3/t14-,15-/m1/s1. The minimum absolute atomic E-state index is 0.119. The molecule has 146 valence electrons. The number of carbonyl (C=O) groups is 2. The number of carbonyl (C=O) groups excluding carboxylic acids is 2. The first-order chi connectivity index (χ1) is 12.8. The third kappa shape index (κ3) is 4.43. The summed E-state index contributed by atoms with van der Waals surface area (Å²) in [5, 5.41) is 0. The van der Waals surface area contributed by atoms with Gasteiger partial charge in [-0.15, -0.1) is 0 Å². The van der Waals surface area contributed by atoms with Gasteiger partial charge in [-0.3, -0.25) is 4.79 Å². The molecule has 6 heteroatoms. The predicted molar refractivity (Wildman–Crippen MR) is 102 cm³/mol. The highest BCUT2D eigenvalue weighted by molar-refractivity contribution is 5.92. The van der Waals surface area contributed by atoms with Crippen molar-refractivity contribution in [2.24, 2.45) is 11.8 Å². The first-order valence-electron chi connectivity index (χ1n) is 9.49. The quantitative estimate of drug-likeness (QED) is 0.755. The first-order valence-corrected chi connectivity index (χ1v) is 9.49. The lowest BCUT2D eigenvalue weighted by atomic mass is 9.92. The second-order valence-electron chi connectivity index (χ2n) is 7.77. The molecule has 1 saturated heterocycles. The lowest BCUT2D eigenvalue weighted by Gasteiger charge is -2.34. The first kappa shape index (κ1) is 19.3. The number of rotatable bonds is 5. The van der Waals surface area contributed by atoms with Crippen molar-refractivity contribution in [2.45, 2.75) is 40.7 Å². The Morgan fingerprint density at radius 2 is 1.93 bits per heavy atom. The van der Waals surface area contributed by atoms with Crippen LogP contribution in [0.4, 0.5) is 0 Å². The van der Waals surface area contributed by atoms with Crippen molar-refractivity contribution in [3.05, 3.63) is 47.2 Å². The lowest BCUT2D eigenvalue weighted by Crippen LogP contribution is -2.44. The number of aryl methyl sites for hydroxylation is 1. The maximum Gasteiger partial charge on any atom is 0.340 e. The number of hydrogen-bond donors (Lipinski definition) is 0. The van der Waals surface area contributed by atoms with Gasteiger partial charge in [0.25, 0.3) is 5.91 Å². The van der Waals surface area contributed by atoms with Crippen molar-refractivity contribution < 1.29 is 18.7 Å². The van der Waals surface area contributed by atoms with Gasteiger partial charge in [-0.25, -0.2) is 4.79 Å². The molecule has 2 aromatic rings. The summed E-state index contributed by atoms with van der Waals surface area (Å²) in [7, 11) is 0. The molecule has 0 bridgehead atoms. The molecule has 0 spiro atoms. The molecule has 0 saturated carbocycles. The van der Waals surface area contributed by atoms with Gasteiger partial charge in [0.15, 0.2) is 6.61 Å². The Bertz CT molecular complexity index is 797. The molecule has 0 unspecified atom stereocenters. The minimum atomic E-state index is -0.458. The zero-order valence-electron chi connectivity index (χ0n) is 16.5. The van der Waals surface area contributed by atoms with E-state index in [1.165, 1.54) is 0 Å². The Morgan fingerprint density at radius 3 is 2.56 bits per heavy atom. The van der Waals surface area contributed by atoms with Crippen LogP contribution in [0.25, 0.3) is 0 Å². The van der Waals surface area contributed by atoms with Gasteiger partial charge in [-0.1, -0.05) is 13.8 Å². The zero-order valence-corrected chi connectivity index (χ0v) is 16.5. The Hall–Kier alpha value is -2.50. The molecule has 2 atom stereocenters. The smallest absolute Gasteiger partial charge is 0.340 e. The summed E-state index contributed by atoms with van der Waals surface area (Å²) in [6.45, 7) is 9.93. The van der Waals surface area contributed by atoms with E-state index in [2.05, 4.69) is 13.8 Å². The van der Waals surface area contributed by atoms with Crippen molar-refractivity contribution in [2.75, 3.05) is 19.7 Å². The van der Waals surface area contributed by atoms with E-state index in [4.69, 9.17) is 9.15 Å². The zero-order chi connectivity index (χ0) is 19.6. The van der Waals surface area contributed by atoms with Gasteiger partial charge in [0.2, 0.25) is 0 Å². The molecule has 6 nitrogen and oxygen atoms in total. The maximum atomic E-state index is 12.5. The summed E-state index contributed by atoms with van der Waals surface area (Å²) in [5.74, 6) is 1.20. The lowest BCUT2D eigenvalue weighted by molar-refractivity contribution is -0.137. The van der Waals surface area contributed by atoms with Crippen LogP contribution in [0.15, 0.2) is 28.9 Å². The van der Waals surface area contributed by atoms with E-state index >= 15 is 0 Å².